The predicted octanol–water partition coefficient (Wildman–Crippen LogP) is 0.567. The fraction of sp³-hybridized carbons (Fsp3) is 0.538. The summed E-state index contributed by atoms with van der Waals surface area (Å²) in [4.78, 5) is 0. The highest BCUT2D eigenvalue weighted by atomic mass is 32.2. The van der Waals surface area contributed by atoms with Gasteiger partial charge in [0, 0.05) is 19.8 Å². The smallest absolute Gasteiger partial charge is 0.212 e. The number of nitrogens with one attached hydrogen (secondary N) is 1. The number of ether oxygens (including phenoxy) is 1. The van der Waals surface area contributed by atoms with Crippen molar-refractivity contribution in [1.82, 2.24) is 4.72 Å². The zero-order chi connectivity index (χ0) is 13.9. The van der Waals surface area contributed by atoms with Crippen LogP contribution >= 0.6 is 0 Å². The summed E-state index contributed by atoms with van der Waals surface area (Å²) < 4.78 is 31.6. The number of benzene rings is 1. The van der Waals surface area contributed by atoms with Crippen LogP contribution < -0.4 is 10.5 Å². The molecule has 3 N–H and O–H groups in total. The highest BCUT2D eigenvalue weighted by Crippen LogP contribution is 2.30. The second kappa shape index (κ2) is 6.00. The Morgan fingerprint density at radius 1 is 1.42 bits per heavy atom. The van der Waals surface area contributed by atoms with Crippen molar-refractivity contribution in [2.75, 3.05) is 19.5 Å². The molecule has 5 nitrogen and oxygen atoms in total. The summed E-state index contributed by atoms with van der Waals surface area (Å²) in [6.07, 6.45) is 1.19. The van der Waals surface area contributed by atoms with Crippen LogP contribution in [0.3, 0.4) is 0 Å². The standard InChI is InChI=1S/C13H20N2O3S/c1-18-7-4-8-19(16,17)15-13-11-6-3-2-5-10(11)9-12(13)14/h2-3,5-6,12-13,15H,4,7-9,14H2,1H3. The fourth-order valence-corrected chi connectivity index (χ4v) is 3.73. The summed E-state index contributed by atoms with van der Waals surface area (Å²) in [5, 5.41) is 0. The van der Waals surface area contributed by atoms with Crippen molar-refractivity contribution in [3.8, 4) is 0 Å². The molecule has 1 aromatic carbocycles. The molecule has 106 valence electrons. The lowest BCUT2D eigenvalue weighted by Crippen LogP contribution is -2.39. The van der Waals surface area contributed by atoms with Gasteiger partial charge in [-0.05, 0) is 24.0 Å². The van der Waals surface area contributed by atoms with E-state index in [1.54, 1.807) is 7.11 Å². The molecule has 0 radical (unpaired) electrons. The third kappa shape index (κ3) is 3.54. The summed E-state index contributed by atoms with van der Waals surface area (Å²) in [5.74, 6) is 0.0617. The minimum Gasteiger partial charge on any atom is -0.385 e. The lowest BCUT2D eigenvalue weighted by atomic mass is 10.1. The lowest BCUT2D eigenvalue weighted by molar-refractivity contribution is 0.199. The Labute approximate surface area is 114 Å². The highest BCUT2D eigenvalue weighted by molar-refractivity contribution is 7.89. The average Bonchev–Trinajstić information content (AvgIpc) is 2.66. The number of rotatable bonds is 6. The summed E-state index contributed by atoms with van der Waals surface area (Å²) in [6.45, 7) is 0.439. The number of hydrogen-bond acceptors (Lipinski definition) is 4. The third-order valence-electron chi connectivity index (χ3n) is 3.34. The topological polar surface area (TPSA) is 81.4 Å². The zero-order valence-electron chi connectivity index (χ0n) is 11.0. The molecular weight excluding hydrogens is 264 g/mol. The Hall–Kier alpha value is -0.950. The van der Waals surface area contributed by atoms with Gasteiger partial charge in [0.25, 0.3) is 0 Å². The normalized spacial score (nSPS) is 22.4. The first-order valence-corrected chi connectivity index (χ1v) is 8.01. The van der Waals surface area contributed by atoms with E-state index in [0.717, 1.165) is 11.1 Å². The molecule has 0 bridgehead atoms. The molecule has 19 heavy (non-hydrogen) atoms. The molecule has 0 spiro atoms. The van der Waals surface area contributed by atoms with Gasteiger partial charge in [-0.15, -0.1) is 0 Å². The maximum atomic E-state index is 12.0. The molecule has 0 aromatic heterocycles. The first-order valence-electron chi connectivity index (χ1n) is 6.36. The van der Waals surface area contributed by atoms with E-state index < -0.39 is 10.0 Å². The van der Waals surface area contributed by atoms with Crippen molar-refractivity contribution in [3.05, 3.63) is 35.4 Å². The molecule has 0 saturated heterocycles. The largest absolute Gasteiger partial charge is 0.385 e. The van der Waals surface area contributed by atoms with Gasteiger partial charge < -0.3 is 10.5 Å². The number of methoxy groups -OCH3 is 1. The van der Waals surface area contributed by atoms with Gasteiger partial charge in [0.05, 0.1) is 11.8 Å². The molecule has 2 unspecified atom stereocenters. The van der Waals surface area contributed by atoms with E-state index in [1.807, 2.05) is 24.3 Å². The van der Waals surface area contributed by atoms with Crippen molar-refractivity contribution >= 4 is 10.0 Å². The van der Waals surface area contributed by atoms with Gasteiger partial charge in [-0.1, -0.05) is 24.3 Å². The van der Waals surface area contributed by atoms with Crippen LogP contribution in [-0.4, -0.2) is 33.9 Å². The van der Waals surface area contributed by atoms with Gasteiger partial charge >= 0.3 is 0 Å². The van der Waals surface area contributed by atoms with Crippen LogP contribution in [0, 0.1) is 0 Å². The van der Waals surface area contributed by atoms with Crippen molar-refractivity contribution in [3.63, 3.8) is 0 Å². The minimum atomic E-state index is -3.32. The van der Waals surface area contributed by atoms with Crippen molar-refractivity contribution in [2.24, 2.45) is 5.73 Å². The Balaban J connectivity index is 2.07. The molecule has 0 saturated carbocycles. The van der Waals surface area contributed by atoms with Crippen LogP contribution in [0.1, 0.15) is 23.6 Å². The molecule has 1 aliphatic carbocycles. The van der Waals surface area contributed by atoms with E-state index >= 15 is 0 Å². The predicted molar refractivity (Wildman–Crippen MR) is 74.3 cm³/mol. The van der Waals surface area contributed by atoms with Gasteiger partial charge in [0.1, 0.15) is 0 Å². The molecule has 1 aromatic rings. The van der Waals surface area contributed by atoms with E-state index in [2.05, 4.69) is 4.72 Å². The van der Waals surface area contributed by atoms with E-state index in [0.29, 0.717) is 19.4 Å². The van der Waals surface area contributed by atoms with E-state index in [9.17, 15) is 8.42 Å². The molecule has 2 rings (SSSR count). The van der Waals surface area contributed by atoms with Crippen molar-refractivity contribution in [2.45, 2.75) is 24.9 Å². The zero-order valence-corrected chi connectivity index (χ0v) is 11.8. The van der Waals surface area contributed by atoms with Crippen LogP contribution in [0.25, 0.3) is 0 Å². The first-order chi connectivity index (χ1) is 9.03. The van der Waals surface area contributed by atoms with Crippen LogP contribution in [0.4, 0.5) is 0 Å². The second-order valence-electron chi connectivity index (χ2n) is 4.83. The van der Waals surface area contributed by atoms with Gasteiger partial charge in [-0.3, -0.25) is 0 Å². The molecule has 0 heterocycles. The van der Waals surface area contributed by atoms with Crippen LogP contribution in [-0.2, 0) is 21.2 Å². The molecule has 0 aliphatic heterocycles. The Kier molecular flexibility index (Phi) is 4.57. The minimum absolute atomic E-state index is 0.0617. The van der Waals surface area contributed by atoms with E-state index in [1.165, 1.54) is 0 Å². The molecule has 2 atom stereocenters. The highest BCUT2D eigenvalue weighted by Gasteiger charge is 2.32. The van der Waals surface area contributed by atoms with Crippen molar-refractivity contribution < 1.29 is 13.2 Å². The fourth-order valence-electron chi connectivity index (χ4n) is 2.42. The van der Waals surface area contributed by atoms with Crippen molar-refractivity contribution in [1.29, 1.82) is 0 Å². The molecule has 0 fully saturated rings. The summed E-state index contributed by atoms with van der Waals surface area (Å²) in [6, 6.07) is 7.27. The van der Waals surface area contributed by atoms with Gasteiger partial charge in [-0.25, -0.2) is 13.1 Å². The van der Waals surface area contributed by atoms with Gasteiger partial charge in [0.15, 0.2) is 0 Å². The van der Waals surface area contributed by atoms with E-state index in [4.69, 9.17) is 10.5 Å². The number of hydrogen-bond donors (Lipinski definition) is 2. The number of sulfonamides is 1. The quantitative estimate of drug-likeness (QED) is 0.748. The summed E-state index contributed by atoms with van der Waals surface area (Å²) >= 11 is 0. The summed E-state index contributed by atoms with van der Waals surface area (Å²) in [7, 11) is -1.76. The Morgan fingerprint density at radius 3 is 2.89 bits per heavy atom. The lowest BCUT2D eigenvalue weighted by Gasteiger charge is -2.18. The Bertz CT molecular complexity index is 530. The van der Waals surface area contributed by atoms with Crippen LogP contribution in [0.15, 0.2) is 24.3 Å². The summed E-state index contributed by atoms with van der Waals surface area (Å²) in [5.41, 5.74) is 8.16. The van der Waals surface area contributed by atoms with Gasteiger partial charge in [-0.2, -0.15) is 0 Å². The Morgan fingerprint density at radius 2 is 2.16 bits per heavy atom. The molecule has 0 amide bonds. The third-order valence-corrected chi connectivity index (χ3v) is 4.78. The maximum Gasteiger partial charge on any atom is 0.212 e. The first kappa shape index (κ1) is 14.5. The SMILES string of the molecule is COCCCS(=O)(=O)NC1c2ccccc2CC1N. The number of nitrogens with two attached hydrogens (primary N) is 1. The monoisotopic (exact) mass is 284 g/mol. The van der Waals surface area contributed by atoms with Crippen LogP contribution in [0.2, 0.25) is 0 Å². The van der Waals surface area contributed by atoms with E-state index in [-0.39, 0.29) is 17.8 Å². The average molecular weight is 284 g/mol. The van der Waals surface area contributed by atoms with Gasteiger partial charge in [0.2, 0.25) is 10.0 Å². The molecular formula is C13H20N2O3S. The second-order valence-corrected chi connectivity index (χ2v) is 6.70. The van der Waals surface area contributed by atoms with Crippen LogP contribution in [0.5, 0.6) is 0 Å². The molecule has 1 aliphatic rings. The maximum absolute atomic E-state index is 12.0. The molecule has 6 heteroatoms. The number of fused-ring (bicyclic) bond motifs is 1.